The SMILES string of the molecule is Cc1c(C(=O)NCCOC(C)C)cc(Br)cc1S(=O)(=O)Cl. The van der Waals surface area contributed by atoms with Crippen LogP contribution >= 0.6 is 26.6 Å². The number of amides is 1. The predicted octanol–water partition coefficient (Wildman–Crippen LogP) is 2.84. The van der Waals surface area contributed by atoms with Crippen LogP contribution in [0.1, 0.15) is 29.8 Å². The first-order chi connectivity index (χ1) is 9.62. The fourth-order valence-corrected chi connectivity index (χ4v) is 3.53. The highest BCUT2D eigenvalue weighted by molar-refractivity contribution is 9.10. The van der Waals surface area contributed by atoms with Gasteiger partial charge in [0.1, 0.15) is 0 Å². The molecule has 0 aliphatic carbocycles. The zero-order valence-electron chi connectivity index (χ0n) is 11.9. The summed E-state index contributed by atoms with van der Waals surface area (Å²) >= 11 is 3.18. The van der Waals surface area contributed by atoms with Gasteiger partial charge in [-0.25, -0.2) is 8.42 Å². The van der Waals surface area contributed by atoms with E-state index in [9.17, 15) is 13.2 Å². The molecule has 5 nitrogen and oxygen atoms in total. The largest absolute Gasteiger partial charge is 0.377 e. The molecule has 1 rings (SSSR count). The summed E-state index contributed by atoms with van der Waals surface area (Å²) in [5.41, 5.74) is 0.573. The van der Waals surface area contributed by atoms with Gasteiger partial charge in [0.05, 0.1) is 17.6 Å². The summed E-state index contributed by atoms with van der Waals surface area (Å²) in [6.45, 7) is 6.07. The van der Waals surface area contributed by atoms with E-state index in [-0.39, 0.29) is 22.5 Å². The van der Waals surface area contributed by atoms with E-state index in [4.69, 9.17) is 15.4 Å². The molecule has 0 aromatic heterocycles. The molecule has 1 aromatic rings. The Labute approximate surface area is 137 Å². The number of benzene rings is 1. The Morgan fingerprint density at radius 2 is 2.05 bits per heavy atom. The third kappa shape index (κ3) is 5.58. The molecular weight excluding hydrogens is 382 g/mol. The van der Waals surface area contributed by atoms with Crippen LogP contribution in [0, 0.1) is 6.92 Å². The first-order valence-corrected chi connectivity index (χ1v) is 9.37. The Kier molecular flexibility index (Phi) is 6.65. The molecule has 1 amide bonds. The van der Waals surface area contributed by atoms with E-state index in [1.54, 1.807) is 13.0 Å². The van der Waals surface area contributed by atoms with E-state index in [2.05, 4.69) is 21.2 Å². The lowest BCUT2D eigenvalue weighted by molar-refractivity contribution is 0.0746. The average molecular weight is 399 g/mol. The Morgan fingerprint density at radius 3 is 2.57 bits per heavy atom. The van der Waals surface area contributed by atoms with E-state index in [1.807, 2.05) is 13.8 Å². The zero-order chi connectivity index (χ0) is 16.2. The van der Waals surface area contributed by atoms with Gasteiger partial charge in [-0.2, -0.15) is 0 Å². The molecule has 0 unspecified atom stereocenters. The van der Waals surface area contributed by atoms with Crippen molar-refractivity contribution in [2.45, 2.75) is 31.8 Å². The molecule has 0 saturated carbocycles. The highest BCUT2D eigenvalue weighted by Gasteiger charge is 2.20. The van der Waals surface area contributed by atoms with E-state index >= 15 is 0 Å². The Bertz CT molecular complexity index is 631. The van der Waals surface area contributed by atoms with E-state index in [1.165, 1.54) is 6.07 Å². The summed E-state index contributed by atoms with van der Waals surface area (Å²) < 4.78 is 28.8. The minimum atomic E-state index is -3.91. The van der Waals surface area contributed by atoms with Crippen LogP contribution in [0.2, 0.25) is 0 Å². The van der Waals surface area contributed by atoms with Crippen molar-refractivity contribution in [2.24, 2.45) is 0 Å². The summed E-state index contributed by atoms with van der Waals surface area (Å²) in [6.07, 6.45) is 0.0856. The van der Waals surface area contributed by atoms with Gasteiger partial charge in [0.25, 0.3) is 15.0 Å². The number of nitrogens with one attached hydrogen (secondary N) is 1. The highest BCUT2D eigenvalue weighted by Crippen LogP contribution is 2.27. The molecule has 1 aromatic carbocycles. The van der Waals surface area contributed by atoms with Gasteiger partial charge >= 0.3 is 0 Å². The molecule has 8 heteroatoms. The molecule has 0 bridgehead atoms. The molecule has 0 aliphatic rings. The van der Waals surface area contributed by atoms with Crippen molar-refractivity contribution in [3.8, 4) is 0 Å². The number of hydrogen-bond acceptors (Lipinski definition) is 4. The van der Waals surface area contributed by atoms with Gasteiger partial charge in [-0.1, -0.05) is 15.9 Å². The van der Waals surface area contributed by atoms with Gasteiger partial charge in [0.2, 0.25) is 0 Å². The van der Waals surface area contributed by atoms with E-state index < -0.39 is 9.05 Å². The van der Waals surface area contributed by atoms with Crippen molar-refractivity contribution >= 4 is 41.6 Å². The third-order valence-corrected chi connectivity index (χ3v) is 4.58. The van der Waals surface area contributed by atoms with Crippen LogP contribution in [-0.2, 0) is 13.8 Å². The van der Waals surface area contributed by atoms with Crippen molar-refractivity contribution in [3.63, 3.8) is 0 Å². The second-order valence-electron chi connectivity index (χ2n) is 4.69. The minimum absolute atomic E-state index is 0.0814. The van der Waals surface area contributed by atoms with Gasteiger partial charge in [0.15, 0.2) is 0 Å². The lowest BCUT2D eigenvalue weighted by atomic mass is 10.1. The number of ether oxygens (including phenoxy) is 1. The molecule has 0 atom stereocenters. The smallest absolute Gasteiger partial charge is 0.261 e. The number of rotatable bonds is 6. The summed E-state index contributed by atoms with van der Waals surface area (Å²) in [7, 11) is 1.46. The number of carbonyl (C=O) groups is 1. The van der Waals surface area contributed by atoms with Crippen molar-refractivity contribution in [3.05, 3.63) is 27.7 Å². The second kappa shape index (κ2) is 7.58. The summed E-state index contributed by atoms with van der Waals surface area (Å²) in [4.78, 5) is 12.0. The van der Waals surface area contributed by atoms with E-state index in [0.717, 1.165) is 0 Å². The van der Waals surface area contributed by atoms with Crippen LogP contribution in [0.25, 0.3) is 0 Å². The predicted molar refractivity (Wildman–Crippen MR) is 85.3 cm³/mol. The first kappa shape index (κ1) is 18.4. The summed E-state index contributed by atoms with van der Waals surface area (Å²) in [5.74, 6) is -0.372. The van der Waals surface area contributed by atoms with Gasteiger partial charge in [-0.05, 0) is 38.5 Å². The summed E-state index contributed by atoms with van der Waals surface area (Å²) in [5, 5.41) is 2.68. The normalized spacial score (nSPS) is 11.7. The average Bonchev–Trinajstić information content (AvgIpc) is 2.35. The Balaban J connectivity index is 2.93. The van der Waals surface area contributed by atoms with Crippen molar-refractivity contribution in [1.82, 2.24) is 5.32 Å². The Hall–Kier alpha value is -0.630. The molecule has 0 saturated heterocycles. The summed E-state index contributed by atoms with van der Waals surface area (Å²) in [6, 6.07) is 2.93. The highest BCUT2D eigenvalue weighted by atomic mass is 79.9. The second-order valence-corrected chi connectivity index (χ2v) is 8.14. The number of hydrogen-bond donors (Lipinski definition) is 1. The molecule has 21 heavy (non-hydrogen) atoms. The van der Waals surface area contributed by atoms with Crippen LogP contribution in [0.3, 0.4) is 0 Å². The number of halogens is 2. The molecule has 0 radical (unpaired) electrons. The lowest BCUT2D eigenvalue weighted by Gasteiger charge is -2.12. The molecule has 0 spiro atoms. The molecule has 0 aliphatic heterocycles. The van der Waals surface area contributed by atoms with Gasteiger partial charge in [-0.15, -0.1) is 0 Å². The molecular formula is C13H17BrClNO4S. The third-order valence-electron chi connectivity index (χ3n) is 2.67. The van der Waals surface area contributed by atoms with Gasteiger partial charge in [-0.3, -0.25) is 4.79 Å². The number of carbonyl (C=O) groups excluding carboxylic acids is 1. The van der Waals surface area contributed by atoms with Crippen molar-refractivity contribution in [1.29, 1.82) is 0 Å². The maximum Gasteiger partial charge on any atom is 0.261 e. The molecule has 118 valence electrons. The lowest BCUT2D eigenvalue weighted by Crippen LogP contribution is -2.29. The maximum atomic E-state index is 12.1. The standard InChI is InChI=1S/C13H17BrClNO4S/c1-8(2)20-5-4-16-13(17)11-6-10(14)7-12(9(11)3)21(15,18)19/h6-8H,4-5H2,1-3H3,(H,16,17). The van der Waals surface area contributed by atoms with Crippen molar-refractivity contribution < 1.29 is 17.9 Å². The maximum absolute atomic E-state index is 12.1. The first-order valence-electron chi connectivity index (χ1n) is 6.27. The Morgan fingerprint density at radius 1 is 1.43 bits per heavy atom. The van der Waals surface area contributed by atoms with Gasteiger partial charge in [0, 0.05) is 27.3 Å². The van der Waals surface area contributed by atoms with Crippen LogP contribution in [0.4, 0.5) is 0 Å². The molecule has 0 fully saturated rings. The quantitative estimate of drug-likeness (QED) is 0.591. The minimum Gasteiger partial charge on any atom is -0.377 e. The van der Waals surface area contributed by atoms with E-state index in [0.29, 0.717) is 23.2 Å². The fraction of sp³-hybridized carbons (Fsp3) is 0.462. The van der Waals surface area contributed by atoms with Crippen LogP contribution in [0.5, 0.6) is 0 Å². The zero-order valence-corrected chi connectivity index (χ0v) is 15.1. The fourth-order valence-electron chi connectivity index (χ4n) is 1.70. The topological polar surface area (TPSA) is 72.5 Å². The van der Waals surface area contributed by atoms with Crippen molar-refractivity contribution in [2.75, 3.05) is 13.2 Å². The molecule has 0 heterocycles. The van der Waals surface area contributed by atoms with Crippen LogP contribution < -0.4 is 5.32 Å². The van der Waals surface area contributed by atoms with Gasteiger partial charge < -0.3 is 10.1 Å². The monoisotopic (exact) mass is 397 g/mol. The molecule has 1 N–H and O–H groups in total. The van der Waals surface area contributed by atoms with Crippen LogP contribution in [0.15, 0.2) is 21.5 Å². The van der Waals surface area contributed by atoms with Crippen LogP contribution in [-0.4, -0.2) is 33.6 Å².